The Morgan fingerprint density at radius 2 is 0.847 bits per heavy atom. The summed E-state index contributed by atoms with van der Waals surface area (Å²) in [6.07, 6.45) is 0. The second kappa shape index (κ2) is 13.3. The molecule has 4 heteroatoms. The van der Waals surface area contributed by atoms with Crippen molar-refractivity contribution in [3.05, 3.63) is 200 Å². The monoisotopic (exact) mass is 751 g/mol. The van der Waals surface area contributed by atoms with Crippen LogP contribution in [0.2, 0.25) is 0 Å². The molecule has 0 unspecified atom stereocenters. The molecule has 0 aliphatic rings. The summed E-state index contributed by atoms with van der Waals surface area (Å²) in [4.78, 5) is 15.6. The largest absolute Gasteiger partial charge is 0.455 e. The van der Waals surface area contributed by atoms with E-state index in [2.05, 4.69) is 176 Å². The SMILES string of the molecule is c1cc(-c2nc(-c3ccc(-c4ccc5c(ccc6ccccc65)c4)cc3)nc(-c3cccc4c3oc3ccccc34)n2)cc(-c2cccc3ccc4ccccc4c23)c1. The van der Waals surface area contributed by atoms with Crippen molar-refractivity contribution in [1.29, 1.82) is 0 Å². The van der Waals surface area contributed by atoms with Crippen LogP contribution in [0, 0.1) is 0 Å². The topological polar surface area (TPSA) is 51.8 Å². The summed E-state index contributed by atoms with van der Waals surface area (Å²) >= 11 is 0. The van der Waals surface area contributed by atoms with Gasteiger partial charge in [-0.2, -0.15) is 0 Å². The van der Waals surface area contributed by atoms with Gasteiger partial charge in [0.05, 0.1) is 5.56 Å². The van der Waals surface area contributed by atoms with Crippen LogP contribution >= 0.6 is 0 Å². The van der Waals surface area contributed by atoms with Crippen LogP contribution in [-0.4, -0.2) is 15.0 Å². The predicted octanol–water partition coefficient (Wildman–Crippen LogP) is 14.7. The minimum atomic E-state index is 0.557. The van der Waals surface area contributed by atoms with Crippen LogP contribution in [0.4, 0.5) is 0 Å². The number of furan rings is 1. The molecule has 0 aliphatic heterocycles. The van der Waals surface area contributed by atoms with Crippen LogP contribution < -0.4 is 0 Å². The molecule has 274 valence electrons. The second-order valence-electron chi connectivity index (χ2n) is 15.2. The smallest absolute Gasteiger partial charge is 0.167 e. The van der Waals surface area contributed by atoms with Gasteiger partial charge in [-0.3, -0.25) is 0 Å². The molecule has 0 fully saturated rings. The van der Waals surface area contributed by atoms with Gasteiger partial charge in [0, 0.05) is 21.9 Å². The Morgan fingerprint density at radius 1 is 0.288 bits per heavy atom. The van der Waals surface area contributed by atoms with Gasteiger partial charge >= 0.3 is 0 Å². The van der Waals surface area contributed by atoms with E-state index >= 15 is 0 Å². The van der Waals surface area contributed by atoms with Gasteiger partial charge in [-0.05, 0) is 89.6 Å². The lowest BCUT2D eigenvalue weighted by atomic mass is 9.93. The van der Waals surface area contributed by atoms with Crippen molar-refractivity contribution in [3.8, 4) is 56.4 Å². The number of hydrogen-bond donors (Lipinski definition) is 0. The van der Waals surface area contributed by atoms with Crippen molar-refractivity contribution in [3.63, 3.8) is 0 Å². The predicted molar refractivity (Wildman–Crippen MR) is 244 cm³/mol. The Bertz CT molecular complexity index is 3620. The maximum Gasteiger partial charge on any atom is 0.167 e. The zero-order chi connectivity index (χ0) is 38.9. The number of para-hydroxylation sites is 2. The number of hydrogen-bond acceptors (Lipinski definition) is 4. The van der Waals surface area contributed by atoms with Gasteiger partial charge in [0.15, 0.2) is 17.5 Å². The average Bonchev–Trinajstić information content (AvgIpc) is 3.70. The fraction of sp³-hybridized carbons (Fsp3) is 0. The zero-order valence-electron chi connectivity index (χ0n) is 31.8. The molecule has 2 heterocycles. The van der Waals surface area contributed by atoms with Crippen LogP contribution in [0.1, 0.15) is 0 Å². The first kappa shape index (κ1) is 33.2. The van der Waals surface area contributed by atoms with Crippen LogP contribution in [0.15, 0.2) is 205 Å². The van der Waals surface area contributed by atoms with Crippen LogP contribution in [0.25, 0.3) is 121 Å². The van der Waals surface area contributed by atoms with Gasteiger partial charge < -0.3 is 4.42 Å². The maximum absolute atomic E-state index is 6.50. The number of nitrogens with zero attached hydrogens (tertiary/aromatic N) is 3. The lowest BCUT2D eigenvalue weighted by Gasteiger charge is -2.13. The molecule has 12 aromatic rings. The molecule has 0 radical (unpaired) electrons. The normalized spacial score (nSPS) is 11.7. The van der Waals surface area contributed by atoms with Gasteiger partial charge in [0.1, 0.15) is 11.2 Å². The molecule has 0 amide bonds. The molecule has 0 saturated heterocycles. The molecule has 0 N–H and O–H groups in total. The standard InChI is InChI=1S/C55H33N3O/c1-3-15-43-35(10-1)25-29-41-32-39(30-31-44(41)43)34-22-27-38(28-23-34)53-56-54(58-55(57-53)49-20-9-19-48-47-17-5-6-21-50(47)59-52(48)49)42-14-7-13-40(33-42)46-18-8-12-37-26-24-36-11-2-4-16-45(36)51(37)46/h1-33H. The molecule has 10 aromatic carbocycles. The minimum Gasteiger partial charge on any atom is -0.455 e. The van der Waals surface area contributed by atoms with E-state index in [1.165, 1.54) is 48.7 Å². The molecule has 2 aromatic heterocycles. The lowest BCUT2D eigenvalue weighted by Crippen LogP contribution is -2.00. The Kier molecular flexibility index (Phi) is 7.50. The molecule has 0 saturated carbocycles. The minimum absolute atomic E-state index is 0.557. The Morgan fingerprint density at radius 3 is 1.71 bits per heavy atom. The third-order valence-corrected chi connectivity index (χ3v) is 11.7. The number of benzene rings is 10. The summed E-state index contributed by atoms with van der Waals surface area (Å²) < 4.78 is 6.50. The van der Waals surface area contributed by atoms with Crippen molar-refractivity contribution in [2.75, 3.05) is 0 Å². The molecule has 0 bridgehead atoms. The zero-order valence-corrected chi connectivity index (χ0v) is 31.8. The highest BCUT2D eigenvalue weighted by molar-refractivity contribution is 6.14. The number of fused-ring (bicyclic) bond motifs is 9. The molecule has 12 rings (SSSR count). The molecular weight excluding hydrogens is 719 g/mol. The highest BCUT2D eigenvalue weighted by Gasteiger charge is 2.19. The number of rotatable bonds is 5. The van der Waals surface area contributed by atoms with E-state index in [0.717, 1.165) is 55.3 Å². The lowest BCUT2D eigenvalue weighted by molar-refractivity contribution is 0.669. The summed E-state index contributed by atoms with van der Waals surface area (Å²) in [5.41, 5.74) is 8.76. The van der Waals surface area contributed by atoms with Crippen LogP contribution in [0.5, 0.6) is 0 Å². The van der Waals surface area contributed by atoms with Gasteiger partial charge in [0.2, 0.25) is 0 Å². The fourth-order valence-corrected chi connectivity index (χ4v) is 8.81. The van der Waals surface area contributed by atoms with Crippen molar-refractivity contribution in [2.24, 2.45) is 0 Å². The highest BCUT2D eigenvalue weighted by atomic mass is 16.3. The Hall–Kier alpha value is -7.95. The second-order valence-corrected chi connectivity index (χ2v) is 15.2. The highest BCUT2D eigenvalue weighted by Crippen LogP contribution is 2.39. The Balaban J connectivity index is 1.00. The van der Waals surface area contributed by atoms with Gasteiger partial charge in [0.25, 0.3) is 0 Å². The maximum atomic E-state index is 6.50. The van der Waals surface area contributed by atoms with Crippen molar-refractivity contribution in [1.82, 2.24) is 15.0 Å². The third kappa shape index (κ3) is 5.57. The quantitative estimate of drug-likeness (QED) is 0.164. The first-order valence-electron chi connectivity index (χ1n) is 19.9. The molecule has 0 atom stereocenters. The number of aromatic nitrogens is 3. The molecular formula is C55H33N3O. The summed E-state index contributed by atoms with van der Waals surface area (Å²) in [5, 5.41) is 12.0. The summed E-state index contributed by atoms with van der Waals surface area (Å²) in [6, 6.07) is 70.6. The fourth-order valence-electron chi connectivity index (χ4n) is 8.81. The molecule has 4 nitrogen and oxygen atoms in total. The van der Waals surface area contributed by atoms with E-state index < -0.39 is 0 Å². The first-order valence-corrected chi connectivity index (χ1v) is 19.9. The van der Waals surface area contributed by atoms with E-state index in [1.54, 1.807) is 0 Å². The van der Waals surface area contributed by atoms with E-state index in [0.29, 0.717) is 17.5 Å². The molecule has 59 heavy (non-hydrogen) atoms. The van der Waals surface area contributed by atoms with E-state index in [1.807, 2.05) is 24.3 Å². The average molecular weight is 752 g/mol. The van der Waals surface area contributed by atoms with E-state index in [-0.39, 0.29) is 0 Å². The molecule has 0 aliphatic carbocycles. The molecule has 0 spiro atoms. The van der Waals surface area contributed by atoms with E-state index in [9.17, 15) is 0 Å². The summed E-state index contributed by atoms with van der Waals surface area (Å²) in [7, 11) is 0. The third-order valence-electron chi connectivity index (χ3n) is 11.7. The van der Waals surface area contributed by atoms with Gasteiger partial charge in [-0.15, -0.1) is 0 Å². The van der Waals surface area contributed by atoms with Crippen molar-refractivity contribution in [2.45, 2.75) is 0 Å². The van der Waals surface area contributed by atoms with Crippen molar-refractivity contribution >= 4 is 65.0 Å². The first-order chi connectivity index (χ1) is 29.2. The van der Waals surface area contributed by atoms with Gasteiger partial charge in [-0.25, -0.2) is 15.0 Å². The van der Waals surface area contributed by atoms with Crippen molar-refractivity contribution < 1.29 is 4.42 Å². The van der Waals surface area contributed by atoms with Crippen LogP contribution in [-0.2, 0) is 0 Å². The summed E-state index contributed by atoms with van der Waals surface area (Å²) in [5.74, 6) is 1.74. The van der Waals surface area contributed by atoms with Crippen LogP contribution in [0.3, 0.4) is 0 Å². The van der Waals surface area contributed by atoms with E-state index in [4.69, 9.17) is 19.4 Å². The Labute approximate surface area is 339 Å². The van der Waals surface area contributed by atoms with Gasteiger partial charge in [-0.1, -0.05) is 176 Å². The summed E-state index contributed by atoms with van der Waals surface area (Å²) in [6.45, 7) is 0.